The van der Waals surface area contributed by atoms with Crippen molar-refractivity contribution in [2.24, 2.45) is 5.41 Å². The Bertz CT molecular complexity index is 579. The number of carbonyl (C=O) groups excluding carboxylic acids is 1. The van der Waals surface area contributed by atoms with Gasteiger partial charge in [-0.25, -0.2) is 9.18 Å². The Morgan fingerprint density at radius 2 is 2.00 bits per heavy atom. The van der Waals surface area contributed by atoms with Gasteiger partial charge < -0.3 is 10.4 Å². The van der Waals surface area contributed by atoms with Gasteiger partial charge in [0.1, 0.15) is 11.9 Å². The summed E-state index contributed by atoms with van der Waals surface area (Å²) in [5.74, 6) is -2.16. The van der Waals surface area contributed by atoms with E-state index in [9.17, 15) is 14.0 Å². The summed E-state index contributed by atoms with van der Waals surface area (Å²) in [5, 5.41) is 11.5. The van der Waals surface area contributed by atoms with Crippen molar-refractivity contribution in [2.45, 2.75) is 26.8 Å². The third-order valence-corrected chi connectivity index (χ3v) is 3.27. The quantitative estimate of drug-likeness (QED) is 0.813. The van der Waals surface area contributed by atoms with E-state index >= 15 is 0 Å². The number of hydrogen-bond acceptors (Lipinski definition) is 2. The first-order valence-corrected chi connectivity index (χ1v) is 7.07. The number of aliphatic carboxylic acids is 1. The first kappa shape index (κ1) is 17.4. The zero-order chi connectivity index (χ0) is 16.2. The lowest BCUT2D eigenvalue weighted by Gasteiger charge is -2.27. The molecule has 0 fully saturated rings. The monoisotopic (exact) mass is 357 g/mol. The highest BCUT2D eigenvalue weighted by Crippen LogP contribution is 2.20. The van der Waals surface area contributed by atoms with Gasteiger partial charge >= 0.3 is 5.97 Å². The van der Waals surface area contributed by atoms with E-state index in [4.69, 9.17) is 5.11 Å². The number of rotatable bonds is 4. The summed E-state index contributed by atoms with van der Waals surface area (Å²) in [5.41, 5.74) is -0.391. The number of carboxylic acids is 1. The third-order valence-electron chi connectivity index (χ3n) is 2.77. The lowest BCUT2D eigenvalue weighted by molar-refractivity contribution is -0.144. The Morgan fingerprint density at radius 3 is 2.52 bits per heavy atom. The van der Waals surface area contributed by atoms with Crippen molar-refractivity contribution in [3.05, 3.63) is 40.1 Å². The van der Waals surface area contributed by atoms with Crippen molar-refractivity contribution in [1.82, 2.24) is 5.32 Å². The lowest BCUT2D eigenvalue weighted by atomic mass is 9.87. The van der Waals surface area contributed by atoms with Crippen molar-refractivity contribution in [3.8, 4) is 0 Å². The number of amides is 1. The molecule has 0 heterocycles. The molecule has 6 heteroatoms. The molecule has 1 amide bonds. The minimum absolute atomic E-state index is 0.238. The second kappa shape index (κ2) is 6.85. The second-order valence-corrected chi connectivity index (χ2v) is 6.56. The van der Waals surface area contributed by atoms with Crippen LogP contribution in [0.3, 0.4) is 0 Å². The van der Waals surface area contributed by atoms with Crippen LogP contribution in [0, 0.1) is 11.2 Å². The molecule has 0 aliphatic rings. The van der Waals surface area contributed by atoms with Crippen LogP contribution in [0.5, 0.6) is 0 Å². The standard InChI is InChI=1S/C15H17BrFNO3/c1-15(2,3)13(14(20)21)18-12(19)7-4-9-8-10(16)5-6-11(9)17/h4-8,13H,1-3H3,(H,18,19)(H,20,21)/b7-4+/t13-/m1/s1. The minimum atomic E-state index is -1.11. The van der Waals surface area contributed by atoms with E-state index in [-0.39, 0.29) is 5.56 Å². The maximum atomic E-state index is 13.5. The summed E-state index contributed by atoms with van der Waals surface area (Å²) in [6.07, 6.45) is 2.42. The van der Waals surface area contributed by atoms with Crippen LogP contribution in [0.4, 0.5) is 4.39 Å². The fourth-order valence-electron chi connectivity index (χ4n) is 1.65. The van der Waals surface area contributed by atoms with Gasteiger partial charge in [0, 0.05) is 16.1 Å². The molecule has 1 rings (SSSR count). The number of nitrogens with one attached hydrogen (secondary N) is 1. The maximum Gasteiger partial charge on any atom is 0.326 e. The highest BCUT2D eigenvalue weighted by molar-refractivity contribution is 9.10. The van der Waals surface area contributed by atoms with Crippen LogP contribution in [-0.4, -0.2) is 23.0 Å². The van der Waals surface area contributed by atoms with E-state index in [1.165, 1.54) is 18.2 Å². The average Bonchev–Trinajstić information content (AvgIpc) is 2.35. The number of carbonyl (C=O) groups is 2. The molecule has 0 radical (unpaired) electrons. The number of carboxylic acid groups (broad SMARTS) is 1. The van der Waals surface area contributed by atoms with E-state index < -0.39 is 29.2 Å². The molecule has 0 unspecified atom stereocenters. The molecular formula is C15H17BrFNO3. The van der Waals surface area contributed by atoms with Crippen LogP contribution in [0.2, 0.25) is 0 Å². The molecule has 0 spiro atoms. The Labute approximate surface area is 131 Å². The van der Waals surface area contributed by atoms with Crippen molar-refractivity contribution >= 4 is 33.9 Å². The van der Waals surface area contributed by atoms with Gasteiger partial charge in [0.05, 0.1) is 0 Å². The molecule has 2 N–H and O–H groups in total. The van der Waals surface area contributed by atoms with E-state index in [1.807, 2.05) is 0 Å². The first-order chi connectivity index (χ1) is 9.61. The smallest absolute Gasteiger partial charge is 0.326 e. The fourth-order valence-corrected chi connectivity index (χ4v) is 2.03. The minimum Gasteiger partial charge on any atom is -0.480 e. The zero-order valence-electron chi connectivity index (χ0n) is 12.0. The summed E-state index contributed by atoms with van der Waals surface area (Å²) in [6, 6.07) is 3.32. The molecule has 1 atom stereocenters. The van der Waals surface area contributed by atoms with E-state index in [0.717, 1.165) is 6.08 Å². The molecule has 0 aliphatic carbocycles. The summed E-state index contributed by atoms with van der Waals surface area (Å²) in [4.78, 5) is 22.9. The molecule has 0 aromatic heterocycles. The largest absolute Gasteiger partial charge is 0.480 e. The molecule has 1 aromatic rings. The number of hydrogen-bond donors (Lipinski definition) is 2. The summed E-state index contributed by atoms with van der Waals surface area (Å²) < 4.78 is 14.2. The molecule has 0 saturated carbocycles. The van der Waals surface area contributed by atoms with Crippen LogP contribution in [0.1, 0.15) is 26.3 Å². The Kier molecular flexibility index (Phi) is 5.66. The van der Waals surface area contributed by atoms with Gasteiger partial charge in [0.15, 0.2) is 0 Å². The molecule has 4 nitrogen and oxygen atoms in total. The Morgan fingerprint density at radius 1 is 1.38 bits per heavy atom. The molecule has 0 saturated heterocycles. The molecule has 114 valence electrons. The van der Waals surface area contributed by atoms with Gasteiger partial charge in [0.2, 0.25) is 5.91 Å². The van der Waals surface area contributed by atoms with Crippen molar-refractivity contribution in [2.75, 3.05) is 0 Å². The number of benzene rings is 1. The summed E-state index contributed by atoms with van der Waals surface area (Å²) in [6.45, 7) is 5.14. The highest BCUT2D eigenvalue weighted by atomic mass is 79.9. The Balaban J connectivity index is 2.83. The van der Waals surface area contributed by atoms with E-state index in [0.29, 0.717) is 4.47 Å². The predicted molar refractivity (Wildman–Crippen MR) is 82.2 cm³/mol. The molecule has 1 aromatic carbocycles. The van der Waals surface area contributed by atoms with Crippen LogP contribution < -0.4 is 5.32 Å². The number of halogens is 2. The highest BCUT2D eigenvalue weighted by Gasteiger charge is 2.31. The van der Waals surface area contributed by atoms with Gasteiger partial charge in [0.25, 0.3) is 0 Å². The predicted octanol–water partition coefficient (Wildman–Crippen LogP) is 3.22. The van der Waals surface area contributed by atoms with Gasteiger partial charge in [-0.05, 0) is 29.7 Å². The topological polar surface area (TPSA) is 66.4 Å². The van der Waals surface area contributed by atoms with Crippen LogP contribution >= 0.6 is 15.9 Å². The van der Waals surface area contributed by atoms with Crippen molar-refractivity contribution in [1.29, 1.82) is 0 Å². The van der Waals surface area contributed by atoms with Gasteiger partial charge in [-0.1, -0.05) is 36.7 Å². The lowest BCUT2D eigenvalue weighted by Crippen LogP contribution is -2.48. The van der Waals surface area contributed by atoms with Gasteiger partial charge in [-0.3, -0.25) is 4.79 Å². The zero-order valence-corrected chi connectivity index (χ0v) is 13.6. The van der Waals surface area contributed by atoms with Crippen molar-refractivity contribution in [3.63, 3.8) is 0 Å². The van der Waals surface area contributed by atoms with Gasteiger partial charge in [-0.2, -0.15) is 0 Å². The average molecular weight is 358 g/mol. The van der Waals surface area contributed by atoms with Crippen LogP contribution in [0.25, 0.3) is 6.08 Å². The normalized spacial score (nSPS) is 13.2. The summed E-state index contributed by atoms with van der Waals surface area (Å²) in [7, 11) is 0. The van der Waals surface area contributed by atoms with Crippen LogP contribution in [0.15, 0.2) is 28.7 Å². The second-order valence-electron chi connectivity index (χ2n) is 5.65. The third kappa shape index (κ3) is 5.30. The molecular weight excluding hydrogens is 341 g/mol. The fraction of sp³-hybridized carbons (Fsp3) is 0.333. The first-order valence-electron chi connectivity index (χ1n) is 6.27. The Hall–Kier alpha value is -1.69. The van der Waals surface area contributed by atoms with E-state index in [1.54, 1.807) is 26.8 Å². The SMILES string of the molecule is CC(C)(C)[C@H](NC(=O)/C=C/c1cc(Br)ccc1F)C(=O)O. The van der Waals surface area contributed by atoms with Gasteiger partial charge in [-0.15, -0.1) is 0 Å². The maximum absolute atomic E-state index is 13.5. The van der Waals surface area contributed by atoms with E-state index in [2.05, 4.69) is 21.2 Å². The van der Waals surface area contributed by atoms with Crippen LogP contribution in [-0.2, 0) is 9.59 Å². The molecule has 0 bridgehead atoms. The molecule has 0 aliphatic heterocycles. The van der Waals surface area contributed by atoms with Crippen molar-refractivity contribution < 1.29 is 19.1 Å². The summed E-state index contributed by atoms with van der Waals surface area (Å²) >= 11 is 3.21. The molecule has 21 heavy (non-hydrogen) atoms.